The Labute approximate surface area is 133 Å². The highest BCUT2D eigenvalue weighted by molar-refractivity contribution is 5.67. The van der Waals surface area contributed by atoms with Crippen molar-refractivity contribution in [2.75, 3.05) is 5.73 Å². The number of nitrogen functional groups attached to an aromatic ring is 1. The largest absolute Gasteiger partial charge is 0.399 e. The van der Waals surface area contributed by atoms with E-state index in [2.05, 4.69) is 11.2 Å². The summed E-state index contributed by atoms with van der Waals surface area (Å²) in [6.07, 6.45) is 0. The number of hydrogen-bond donors (Lipinski definition) is 1. The summed E-state index contributed by atoms with van der Waals surface area (Å²) in [5.41, 5.74) is 9.33. The normalized spacial score (nSPS) is 10.3. The molecule has 0 atom stereocenters. The molecule has 0 spiro atoms. The minimum Gasteiger partial charge on any atom is -0.399 e. The molecule has 23 heavy (non-hydrogen) atoms. The van der Waals surface area contributed by atoms with E-state index in [0.29, 0.717) is 28.2 Å². The van der Waals surface area contributed by atoms with Crippen molar-refractivity contribution in [2.24, 2.45) is 0 Å². The van der Waals surface area contributed by atoms with Gasteiger partial charge >= 0.3 is 0 Å². The number of nitriles is 1. The van der Waals surface area contributed by atoms with Crippen LogP contribution in [0.15, 0.2) is 59.4 Å². The van der Waals surface area contributed by atoms with Gasteiger partial charge in [-0.1, -0.05) is 12.1 Å². The van der Waals surface area contributed by atoms with Crippen LogP contribution in [-0.4, -0.2) is 9.78 Å². The molecule has 0 aliphatic heterocycles. The minimum atomic E-state index is -0.231. The fourth-order valence-corrected chi connectivity index (χ4v) is 2.38. The molecule has 0 amide bonds. The lowest BCUT2D eigenvalue weighted by Gasteiger charge is -2.09. The summed E-state index contributed by atoms with van der Waals surface area (Å²) >= 11 is 0. The number of hydrogen-bond acceptors (Lipinski definition) is 4. The van der Waals surface area contributed by atoms with E-state index in [1.54, 1.807) is 42.5 Å². The van der Waals surface area contributed by atoms with Crippen LogP contribution in [0.25, 0.3) is 16.8 Å². The van der Waals surface area contributed by atoms with Gasteiger partial charge in [0.2, 0.25) is 0 Å². The Hall–Kier alpha value is -3.39. The zero-order chi connectivity index (χ0) is 16.4. The number of rotatable bonds is 2. The molecule has 0 saturated carbocycles. The monoisotopic (exact) mass is 302 g/mol. The Morgan fingerprint density at radius 1 is 1.13 bits per heavy atom. The van der Waals surface area contributed by atoms with Crippen LogP contribution in [0.2, 0.25) is 0 Å². The van der Waals surface area contributed by atoms with Gasteiger partial charge in [-0.15, -0.1) is 0 Å². The number of anilines is 1. The van der Waals surface area contributed by atoms with Gasteiger partial charge in [0.15, 0.2) is 0 Å². The van der Waals surface area contributed by atoms with E-state index in [0.717, 1.165) is 5.56 Å². The van der Waals surface area contributed by atoms with Crippen LogP contribution in [0.4, 0.5) is 5.69 Å². The van der Waals surface area contributed by atoms with Gasteiger partial charge in [-0.3, -0.25) is 4.79 Å². The van der Waals surface area contributed by atoms with Crippen LogP contribution in [0.3, 0.4) is 0 Å². The molecule has 0 unspecified atom stereocenters. The molecule has 0 aliphatic rings. The van der Waals surface area contributed by atoms with Gasteiger partial charge in [0.25, 0.3) is 5.56 Å². The van der Waals surface area contributed by atoms with E-state index in [-0.39, 0.29) is 5.56 Å². The summed E-state index contributed by atoms with van der Waals surface area (Å²) in [7, 11) is 0. The maximum Gasteiger partial charge on any atom is 0.279 e. The second kappa shape index (κ2) is 5.78. The van der Waals surface area contributed by atoms with Crippen LogP contribution in [0, 0.1) is 18.3 Å². The zero-order valence-corrected chi connectivity index (χ0v) is 12.5. The molecule has 3 rings (SSSR count). The third-order valence-corrected chi connectivity index (χ3v) is 3.47. The number of aryl methyl sites for hydroxylation is 1. The first-order chi connectivity index (χ1) is 11.1. The van der Waals surface area contributed by atoms with Gasteiger partial charge in [-0.25, -0.2) is 0 Å². The van der Waals surface area contributed by atoms with Crippen molar-refractivity contribution in [3.05, 3.63) is 76.2 Å². The van der Waals surface area contributed by atoms with Crippen LogP contribution < -0.4 is 11.3 Å². The van der Waals surface area contributed by atoms with E-state index < -0.39 is 0 Å². The molecule has 0 fully saturated rings. The van der Waals surface area contributed by atoms with E-state index >= 15 is 0 Å². The summed E-state index contributed by atoms with van der Waals surface area (Å²) in [4.78, 5) is 12.8. The first-order valence-corrected chi connectivity index (χ1v) is 7.06. The molecular weight excluding hydrogens is 288 g/mol. The third kappa shape index (κ3) is 2.83. The van der Waals surface area contributed by atoms with E-state index in [1.165, 1.54) is 4.68 Å². The highest BCUT2D eigenvalue weighted by Gasteiger charge is 2.10. The van der Waals surface area contributed by atoms with Crippen molar-refractivity contribution < 1.29 is 0 Å². The maximum atomic E-state index is 12.8. The predicted octanol–water partition coefficient (Wildman–Crippen LogP) is 2.66. The zero-order valence-electron chi connectivity index (χ0n) is 12.5. The van der Waals surface area contributed by atoms with Crippen molar-refractivity contribution in [1.29, 1.82) is 5.26 Å². The van der Waals surface area contributed by atoms with Gasteiger partial charge in [-0.05, 0) is 55.0 Å². The maximum absolute atomic E-state index is 12.8. The highest BCUT2D eigenvalue weighted by atomic mass is 16.1. The van der Waals surface area contributed by atoms with E-state index in [1.807, 2.05) is 19.1 Å². The SMILES string of the molecule is Cc1cc(-c2cccc(N)c2)c(=O)n(-c2ccc(C#N)cc2)n1. The van der Waals surface area contributed by atoms with Gasteiger partial charge in [0, 0.05) is 5.69 Å². The van der Waals surface area contributed by atoms with Crippen LogP contribution >= 0.6 is 0 Å². The van der Waals surface area contributed by atoms with Crippen LogP contribution in [0.5, 0.6) is 0 Å². The van der Waals surface area contributed by atoms with Gasteiger partial charge in [0.05, 0.1) is 28.6 Å². The topological polar surface area (TPSA) is 84.7 Å². The lowest BCUT2D eigenvalue weighted by atomic mass is 10.1. The average molecular weight is 302 g/mol. The Balaban J connectivity index is 2.19. The minimum absolute atomic E-state index is 0.231. The van der Waals surface area contributed by atoms with E-state index in [9.17, 15) is 4.79 Å². The molecule has 1 heterocycles. The molecule has 0 aliphatic carbocycles. The Bertz CT molecular complexity index is 966. The molecule has 0 radical (unpaired) electrons. The van der Waals surface area contributed by atoms with Crippen molar-refractivity contribution in [3.63, 3.8) is 0 Å². The molecular formula is C18H14N4O. The van der Waals surface area contributed by atoms with Crippen molar-refractivity contribution in [3.8, 4) is 22.9 Å². The smallest absolute Gasteiger partial charge is 0.279 e. The first kappa shape index (κ1) is 14.5. The summed E-state index contributed by atoms with van der Waals surface area (Å²) < 4.78 is 1.34. The molecule has 2 aromatic carbocycles. The second-order valence-corrected chi connectivity index (χ2v) is 5.20. The Kier molecular flexibility index (Phi) is 3.65. The molecule has 5 heteroatoms. The highest BCUT2D eigenvalue weighted by Crippen LogP contribution is 2.19. The van der Waals surface area contributed by atoms with Gasteiger partial charge in [0.1, 0.15) is 0 Å². The summed E-state index contributed by atoms with van der Waals surface area (Å²) in [5, 5.41) is 13.2. The quantitative estimate of drug-likeness (QED) is 0.737. The second-order valence-electron chi connectivity index (χ2n) is 5.20. The molecule has 112 valence electrons. The molecule has 2 N–H and O–H groups in total. The molecule has 0 saturated heterocycles. The predicted molar refractivity (Wildman–Crippen MR) is 89.1 cm³/mol. The molecule has 0 bridgehead atoms. The Morgan fingerprint density at radius 2 is 1.87 bits per heavy atom. The number of benzene rings is 2. The number of aromatic nitrogens is 2. The standard InChI is InChI=1S/C18H14N4O/c1-12-9-17(14-3-2-4-15(20)10-14)18(23)22(21-12)16-7-5-13(11-19)6-8-16/h2-10H,20H2,1H3. The van der Waals surface area contributed by atoms with Gasteiger partial charge in [-0.2, -0.15) is 15.0 Å². The molecule has 1 aromatic heterocycles. The fraction of sp³-hybridized carbons (Fsp3) is 0.0556. The van der Waals surface area contributed by atoms with Crippen molar-refractivity contribution in [2.45, 2.75) is 6.92 Å². The summed E-state index contributed by atoms with van der Waals surface area (Å²) in [5.74, 6) is 0. The van der Waals surface area contributed by atoms with Gasteiger partial charge < -0.3 is 5.73 Å². The van der Waals surface area contributed by atoms with Crippen molar-refractivity contribution >= 4 is 5.69 Å². The van der Waals surface area contributed by atoms with Crippen LogP contribution in [-0.2, 0) is 0 Å². The molecule has 5 nitrogen and oxygen atoms in total. The third-order valence-electron chi connectivity index (χ3n) is 3.47. The Morgan fingerprint density at radius 3 is 2.52 bits per heavy atom. The van der Waals surface area contributed by atoms with E-state index in [4.69, 9.17) is 11.0 Å². The number of nitrogens with two attached hydrogens (primary N) is 1. The number of nitrogens with zero attached hydrogens (tertiary/aromatic N) is 3. The lowest BCUT2D eigenvalue weighted by molar-refractivity contribution is 0.788. The lowest BCUT2D eigenvalue weighted by Crippen LogP contribution is -2.23. The first-order valence-electron chi connectivity index (χ1n) is 7.06. The summed E-state index contributed by atoms with van der Waals surface area (Å²) in [6, 6.07) is 17.7. The average Bonchev–Trinajstić information content (AvgIpc) is 2.57. The fourth-order valence-electron chi connectivity index (χ4n) is 2.38. The van der Waals surface area contributed by atoms with Crippen molar-refractivity contribution in [1.82, 2.24) is 9.78 Å². The van der Waals surface area contributed by atoms with Crippen LogP contribution in [0.1, 0.15) is 11.3 Å². The summed E-state index contributed by atoms with van der Waals surface area (Å²) in [6.45, 7) is 1.83. The molecule has 3 aromatic rings.